The molecule has 3 rings (SSSR count). The van der Waals surface area contributed by atoms with E-state index in [1.54, 1.807) is 0 Å². The van der Waals surface area contributed by atoms with E-state index in [0.717, 1.165) is 11.5 Å². The van der Waals surface area contributed by atoms with E-state index < -0.39 is 0 Å². The summed E-state index contributed by atoms with van der Waals surface area (Å²) in [4.78, 5) is 12.2. The number of rotatable bonds is 4. The number of hydrogen-bond donors (Lipinski definition) is 0. The fourth-order valence-electron chi connectivity index (χ4n) is 3.16. The van der Waals surface area contributed by atoms with Gasteiger partial charge in [-0.05, 0) is 24.3 Å². The quantitative estimate of drug-likeness (QED) is 0.614. The van der Waals surface area contributed by atoms with Crippen LogP contribution in [0.15, 0.2) is 54.9 Å². The lowest BCUT2D eigenvalue weighted by molar-refractivity contribution is -0.683. The molecule has 2 heteroatoms. The minimum atomic E-state index is 0.158. The molecule has 1 aliphatic rings. The second-order valence-electron chi connectivity index (χ2n) is 5.93. The maximum atomic E-state index is 12.2. The molecule has 1 saturated carbocycles. The second kappa shape index (κ2) is 6.66. The summed E-state index contributed by atoms with van der Waals surface area (Å²) in [5.41, 5.74) is 2.21. The molecule has 1 aromatic carbocycles. The largest absolute Gasteiger partial charge is 0.287 e. The molecule has 108 valence electrons. The van der Waals surface area contributed by atoms with Crippen LogP contribution in [0.25, 0.3) is 0 Å². The van der Waals surface area contributed by atoms with Crippen LogP contribution in [0.1, 0.15) is 53.9 Å². The molecule has 1 aromatic heterocycles. The molecule has 0 radical (unpaired) electrons. The Bertz CT molecular complexity index is 583. The third kappa shape index (κ3) is 3.57. The molecule has 2 nitrogen and oxygen atoms in total. The fourth-order valence-corrected chi connectivity index (χ4v) is 3.16. The molecule has 1 heterocycles. The molecule has 0 amide bonds. The predicted octanol–water partition coefficient (Wildman–Crippen LogP) is 3.90. The summed E-state index contributed by atoms with van der Waals surface area (Å²) in [6, 6.07) is 13.9. The molecule has 0 aliphatic heterocycles. The van der Waals surface area contributed by atoms with Gasteiger partial charge in [0.15, 0.2) is 12.4 Å². The van der Waals surface area contributed by atoms with Crippen LogP contribution in [-0.2, 0) is 6.54 Å². The number of hydrogen-bond acceptors (Lipinski definition) is 1. The molecule has 0 N–H and O–H groups in total. The number of pyridine rings is 1. The van der Waals surface area contributed by atoms with Crippen LogP contribution in [0.3, 0.4) is 0 Å². The van der Waals surface area contributed by atoms with Gasteiger partial charge in [0.2, 0.25) is 12.3 Å². The Morgan fingerprint density at radius 1 is 0.952 bits per heavy atom. The normalized spacial score (nSPS) is 15.8. The second-order valence-corrected chi connectivity index (χ2v) is 5.93. The highest BCUT2D eigenvalue weighted by Crippen LogP contribution is 2.31. The van der Waals surface area contributed by atoms with Crippen LogP contribution in [0.2, 0.25) is 0 Å². The summed E-state index contributed by atoms with van der Waals surface area (Å²) in [6.45, 7) is 0.412. The monoisotopic (exact) mass is 280 g/mol. The zero-order valence-corrected chi connectivity index (χ0v) is 12.4. The predicted molar refractivity (Wildman–Crippen MR) is 83.2 cm³/mol. The third-order valence-corrected chi connectivity index (χ3v) is 4.42. The van der Waals surface area contributed by atoms with Crippen LogP contribution >= 0.6 is 0 Å². The number of aromatic nitrogens is 1. The maximum Gasteiger partial charge on any atom is 0.227 e. The summed E-state index contributed by atoms with van der Waals surface area (Å²) < 4.78 is 1.97. The average molecular weight is 280 g/mol. The first-order valence-corrected chi connectivity index (χ1v) is 7.90. The van der Waals surface area contributed by atoms with Crippen molar-refractivity contribution in [3.8, 4) is 0 Å². The Kier molecular flexibility index (Phi) is 4.44. The number of benzene rings is 1. The Labute approximate surface area is 126 Å². The summed E-state index contributed by atoms with van der Waals surface area (Å²) in [5, 5.41) is 0. The van der Waals surface area contributed by atoms with Gasteiger partial charge in [-0.3, -0.25) is 4.79 Å². The Hall–Kier alpha value is -1.96. The van der Waals surface area contributed by atoms with Crippen molar-refractivity contribution in [2.45, 2.75) is 44.6 Å². The van der Waals surface area contributed by atoms with Gasteiger partial charge in [0.05, 0.1) is 0 Å². The summed E-state index contributed by atoms with van der Waals surface area (Å²) in [6.07, 6.45) is 10.8. The number of nitrogens with zero attached hydrogens (tertiary/aromatic N) is 1. The number of Topliss-reactive ketones (excluding diaryl/α,β-unsaturated/α-hetero) is 1. The van der Waals surface area contributed by atoms with Gasteiger partial charge >= 0.3 is 0 Å². The minimum absolute atomic E-state index is 0.158. The number of carbonyl (C=O) groups is 1. The summed E-state index contributed by atoms with van der Waals surface area (Å²) in [7, 11) is 0. The first-order chi connectivity index (χ1) is 10.3. The van der Waals surface area contributed by atoms with Crippen molar-refractivity contribution >= 4 is 5.78 Å². The molecular formula is C19H22NO+. The van der Waals surface area contributed by atoms with Crippen molar-refractivity contribution in [1.82, 2.24) is 0 Å². The zero-order chi connectivity index (χ0) is 14.5. The molecule has 1 aliphatic carbocycles. The van der Waals surface area contributed by atoms with Crippen molar-refractivity contribution in [2.24, 2.45) is 0 Å². The van der Waals surface area contributed by atoms with E-state index >= 15 is 0 Å². The van der Waals surface area contributed by atoms with Crippen molar-refractivity contribution < 1.29 is 9.36 Å². The van der Waals surface area contributed by atoms with Crippen molar-refractivity contribution in [2.75, 3.05) is 0 Å². The van der Waals surface area contributed by atoms with Gasteiger partial charge < -0.3 is 0 Å². The van der Waals surface area contributed by atoms with Gasteiger partial charge in [-0.2, -0.15) is 4.57 Å². The molecule has 0 unspecified atom stereocenters. The SMILES string of the molecule is O=C(C[n+]1ccc(C2CCCCC2)cc1)c1ccccc1. The first kappa shape index (κ1) is 14.0. The topological polar surface area (TPSA) is 20.9 Å². The third-order valence-electron chi connectivity index (χ3n) is 4.42. The summed E-state index contributed by atoms with van der Waals surface area (Å²) >= 11 is 0. The molecule has 21 heavy (non-hydrogen) atoms. The van der Waals surface area contributed by atoms with E-state index in [9.17, 15) is 4.79 Å². The minimum Gasteiger partial charge on any atom is -0.287 e. The van der Waals surface area contributed by atoms with Gasteiger partial charge in [-0.1, -0.05) is 49.6 Å². The van der Waals surface area contributed by atoms with E-state index in [-0.39, 0.29) is 5.78 Å². The van der Waals surface area contributed by atoms with Crippen LogP contribution in [-0.4, -0.2) is 5.78 Å². The molecular weight excluding hydrogens is 258 g/mol. The fraction of sp³-hybridized carbons (Fsp3) is 0.368. The maximum absolute atomic E-state index is 12.2. The van der Waals surface area contributed by atoms with Crippen LogP contribution in [0, 0.1) is 0 Å². The summed E-state index contributed by atoms with van der Waals surface area (Å²) in [5.74, 6) is 0.879. The molecule has 1 fully saturated rings. The standard InChI is InChI=1S/C19H22NO/c21-19(18-9-5-2-6-10-18)15-20-13-11-17(12-14-20)16-7-3-1-4-8-16/h2,5-6,9-14,16H,1,3-4,7-8,15H2/q+1. The zero-order valence-electron chi connectivity index (χ0n) is 12.4. The van der Waals surface area contributed by atoms with Crippen LogP contribution in [0.5, 0.6) is 0 Å². The van der Waals surface area contributed by atoms with E-state index in [4.69, 9.17) is 0 Å². The molecule has 0 saturated heterocycles. The van der Waals surface area contributed by atoms with E-state index in [1.165, 1.54) is 37.7 Å². The molecule has 0 bridgehead atoms. The Balaban J connectivity index is 1.65. The highest BCUT2D eigenvalue weighted by molar-refractivity contribution is 5.94. The van der Waals surface area contributed by atoms with E-state index in [1.807, 2.05) is 47.3 Å². The first-order valence-electron chi connectivity index (χ1n) is 7.90. The number of ketones is 1. The Morgan fingerprint density at radius 2 is 1.62 bits per heavy atom. The van der Waals surface area contributed by atoms with Gasteiger partial charge in [0, 0.05) is 17.7 Å². The average Bonchev–Trinajstić information content (AvgIpc) is 2.57. The van der Waals surface area contributed by atoms with E-state index in [0.29, 0.717) is 6.54 Å². The lowest BCUT2D eigenvalue weighted by Gasteiger charge is -2.21. The van der Waals surface area contributed by atoms with Gasteiger partial charge in [-0.25, -0.2) is 0 Å². The highest BCUT2D eigenvalue weighted by atomic mass is 16.1. The van der Waals surface area contributed by atoms with E-state index in [2.05, 4.69) is 12.1 Å². The highest BCUT2D eigenvalue weighted by Gasteiger charge is 2.17. The van der Waals surface area contributed by atoms with Crippen LogP contribution < -0.4 is 4.57 Å². The molecule has 2 aromatic rings. The molecule has 0 spiro atoms. The van der Waals surface area contributed by atoms with Crippen molar-refractivity contribution in [1.29, 1.82) is 0 Å². The number of carbonyl (C=O) groups excluding carboxylic acids is 1. The van der Waals surface area contributed by atoms with Crippen molar-refractivity contribution in [3.05, 3.63) is 66.0 Å². The lowest BCUT2D eigenvalue weighted by atomic mass is 9.84. The smallest absolute Gasteiger partial charge is 0.227 e. The Morgan fingerprint density at radius 3 is 2.29 bits per heavy atom. The van der Waals surface area contributed by atoms with Crippen molar-refractivity contribution in [3.63, 3.8) is 0 Å². The van der Waals surface area contributed by atoms with Gasteiger partial charge in [-0.15, -0.1) is 0 Å². The molecule has 0 atom stereocenters. The lowest BCUT2D eigenvalue weighted by Crippen LogP contribution is -2.37. The van der Waals surface area contributed by atoms with Gasteiger partial charge in [0.1, 0.15) is 0 Å². The van der Waals surface area contributed by atoms with Gasteiger partial charge in [0.25, 0.3) is 0 Å². The van der Waals surface area contributed by atoms with Crippen LogP contribution in [0.4, 0.5) is 0 Å².